The quantitative estimate of drug-likeness (QED) is 0.388. The Morgan fingerprint density at radius 3 is 2.21 bits per heavy atom. The summed E-state index contributed by atoms with van der Waals surface area (Å²) in [5.41, 5.74) is 3.12. The van der Waals surface area contributed by atoms with Crippen LogP contribution in [0.3, 0.4) is 0 Å². The summed E-state index contributed by atoms with van der Waals surface area (Å²) >= 11 is 5.91. The molecule has 0 atom stereocenters. The van der Waals surface area contributed by atoms with Gasteiger partial charge in [0.15, 0.2) is 0 Å². The van der Waals surface area contributed by atoms with E-state index in [1.165, 1.54) is 7.11 Å². The van der Waals surface area contributed by atoms with E-state index in [0.29, 0.717) is 23.1 Å². The van der Waals surface area contributed by atoms with Crippen LogP contribution in [0, 0.1) is 0 Å². The van der Waals surface area contributed by atoms with E-state index >= 15 is 0 Å². The van der Waals surface area contributed by atoms with Crippen LogP contribution in [0.4, 0.5) is 0 Å². The summed E-state index contributed by atoms with van der Waals surface area (Å²) < 4.78 is 38.2. The molecule has 5 nitrogen and oxygen atoms in total. The maximum absolute atomic E-state index is 13.5. The normalized spacial score (nSPS) is 11.4. The molecule has 0 aliphatic heterocycles. The van der Waals surface area contributed by atoms with E-state index in [1.807, 2.05) is 25.2 Å². The van der Waals surface area contributed by atoms with Crippen molar-refractivity contribution in [3.8, 4) is 11.5 Å². The van der Waals surface area contributed by atoms with Gasteiger partial charge in [0.2, 0.25) is 9.84 Å². The number of halogens is 1. The maximum Gasteiger partial charge on any atom is 0.210 e. The number of aryl methyl sites for hydroxylation is 1. The number of methoxy groups -OCH3 is 1. The van der Waals surface area contributed by atoms with Crippen LogP contribution in [0.2, 0.25) is 5.02 Å². The van der Waals surface area contributed by atoms with Gasteiger partial charge < -0.3 is 14.8 Å². The first-order valence-electron chi connectivity index (χ1n) is 11.0. The minimum absolute atomic E-state index is 0.191. The highest BCUT2D eigenvalue weighted by Crippen LogP contribution is 2.33. The van der Waals surface area contributed by atoms with E-state index in [2.05, 4.69) is 12.2 Å². The second-order valence-corrected chi connectivity index (χ2v) is 10.1. The second-order valence-electron chi connectivity index (χ2n) is 7.77. The lowest BCUT2D eigenvalue weighted by Gasteiger charge is -2.16. The lowest BCUT2D eigenvalue weighted by molar-refractivity contribution is 0.306. The number of benzene rings is 3. The fourth-order valence-electron chi connectivity index (χ4n) is 3.60. The average Bonchev–Trinajstić information content (AvgIpc) is 2.83. The molecule has 0 aliphatic carbocycles. The van der Waals surface area contributed by atoms with Gasteiger partial charge in [-0.3, -0.25) is 0 Å². The van der Waals surface area contributed by atoms with Crippen LogP contribution >= 0.6 is 11.6 Å². The third-order valence-electron chi connectivity index (χ3n) is 5.39. The zero-order chi connectivity index (χ0) is 23.8. The van der Waals surface area contributed by atoms with Gasteiger partial charge in [-0.05, 0) is 91.7 Å². The van der Waals surface area contributed by atoms with Crippen LogP contribution in [0.1, 0.15) is 30.0 Å². The first-order chi connectivity index (χ1) is 15.9. The molecule has 0 unspecified atom stereocenters. The van der Waals surface area contributed by atoms with E-state index in [4.69, 9.17) is 21.1 Å². The van der Waals surface area contributed by atoms with Crippen molar-refractivity contribution in [2.24, 2.45) is 0 Å². The highest BCUT2D eigenvalue weighted by Gasteiger charge is 2.24. The number of nitrogens with one attached hydrogen (secondary N) is 1. The molecule has 0 saturated heterocycles. The predicted octanol–water partition coefficient (Wildman–Crippen LogP) is 5.47. The van der Waals surface area contributed by atoms with Gasteiger partial charge in [-0.25, -0.2) is 8.42 Å². The van der Waals surface area contributed by atoms with Gasteiger partial charge in [0, 0.05) is 5.02 Å². The molecule has 0 aliphatic rings. The van der Waals surface area contributed by atoms with Crippen molar-refractivity contribution in [1.29, 1.82) is 0 Å². The number of hydrogen-bond donors (Lipinski definition) is 1. The van der Waals surface area contributed by atoms with Gasteiger partial charge in [0.1, 0.15) is 23.0 Å². The Balaban J connectivity index is 1.86. The van der Waals surface area contributed by atoms with Crippen molar-refractivity contribution in [3.63, 3.8) is 0 Å². The molecule has 0 bridgehead atoms. The van der Waals surface area contributed by atoms with Crippen molar-refractivity contribution < 1.29 is 17.9 Å². The Labute approximate surface area is 201 Å². The third-order valence-corrected chi connectivity index (χ3v) is 7.43. The summed E-state index contributed by atoms with van der Waals surface area (Å²) in [6, 6.07) is 17.5. The molecular formula is C26H30ClNO4S. The van der Waals surface area contributed by atoms with Crippen LogP contribution < -0.4 is 14.8 Å². The van der Waals surface area contributed by atoms with Gasteiger partial charge in [0.25, 0.3) is 0 Å². The van der Waals surface area contributed by atoms with Crippen molar-refractivity contribution in [1.82, 2.24) is 5.32 Å². The largest absolute Gasteiger partial charge is 0.495 e. The topological polar surface area (TPSA) is 64.6 Å². The number of hydrogen-bond acceptors (Lipinski definition) is 5. The standard InChI is InChI=1S/C26H30ClNO4S/c1-4-5-20-17-26(25(31-3)16-21(20)14-15-28-2)33(29,30)24-12-10-23(11-13-24)32-18-19-6-8-22(27)9-7-19/h6-13,16-17,28H,4-5,14-15,18H2,1-3H3. The molecule has 33 heavy (non-hydrogen) atoms. The third kappa shape index (κ3) is 6.28. The minimum atomic E-state index is -3.76. The number of rotatable bonds is 11. The SMILES string of the molecule is CCCc1cc(S(=O)(=O)c2ccc(OCc3ccc(Cl)cc3)cc2)c(OC)cc1CCNC. The van der Waals surface area contributed by atoms with Gasteiger partial charge in [-0.1, -0.05) is 37.1 Å². The highest BCUT2D eigenvalue weighted by molar-refractivity contribution is 7.91. The van der Waals surface area contributed by atoms with Gasteiger partial charge in [-0.15, -0.1) is 0 Å². The molecule has 0 aromatic heterocycles. The van der Waals surface area contributed by atoms with Crippen LogP contribution in [0.15, 0.2) is 70.5 Å². The van der Waals surface area contributed by atoms with Crippen molar-refractivity contribution >= 4 is 21.4 Å². The van der Waals surface area contributed by atoms with E-state index in [1.54, 1.807) is 42.5 Å². The molecule has 0 saturated carbocycles. The molecule has 3 aromatic rings. The van der Waals surface area contributed by atoms with E-state index in [0.717, 1.165) is 42.5 Å². The summed E-state index contributed by atoms with van der Waals surface area (Å²) in [7, 11) is -0.355. The molecule has 0 fully saturated rings. The monoisotopic (exact) mass is 487 g/mol. The molecule has 0 heterocycles. The molecule has 0 radical (unpaired) electrons. The van der Waals surface area contributed by atoms with E-state index in [9.17, 15) is 8.42 Å². The summed E-state index contributed by atoms with van der Waals surface area (Å²) in [6.45, 7) is 3.26. The Morgan fingerprint density at radius 1 is 0.939 bits per heavy atom. The van der Waals surface area contributed by atoms with Crippen molar-refractivity contribution in [2.45, 2.75) is 42.6 Å². The summed E-state index contributed by atoms with van der Waals surface area (Å²) in [5, 5.41) is 3.81. The Bertz CT molecular complexity index is 1160. The van der Waals surface area contributed by atoms with Crippen LogP contribution in [-0.2, 0) is 29.3 Å². The summed E-state index contributed by atoms with van der Waals surface area (Å²) in [5.74, 6) is 0.953. The van der Waals surface area contributed by atoms with Crippen molar-refractivity contribution in [2.75, 3.05) is 20.7 Å². The molecule has 176 valence electrons. The van der Waals surface area contributed by atoms with Gasteiger partial charge in [0.05, 0.1) is 12.0 Å². The molecule has 3 rings (SSSR count). The first-order valence-corrected chi connectivity index (χ1v) is 12.8. The number of likely N-dealkylation sites (N-methyl/N-ethyl adjacent to an activating group) is 1. The fourth-order valence-corrected chi connectivity index (χ4v) is 5.18. The second kappa shape index (κ2) is 11.5. The fraction of sp³-hybridized carbons (Fsp3) is 0.308. The van der Waals surface area contributed by atoms with Gasteiger partial charge >= 0.3 is 0 Å². The number of sulfone groups is 1. The molecule has 1 N–H and O–H groups in total. The van der Waals surface area contributed by atoms with Crippen LogP contribution in [0.5, 0.6) is 11.5 Å². The molecule has 0 amide bonds. The molecule has 3 aromatic carbocycles. The van der Waals surface area contributed by atoms with Crippen LogP contribution in [-0.4, -0.2) is 29.1 Å². The molecule has 7 heteroatoms. The first kappa shape index (κ1) is 25.1. The maximum atomic E-state index is 13.5. The zero-order valence-electron chi connectivity index (χ0n) is 19.2. The summed E-state index contributed by atoms with van der Waals surface area (Å²) in [4.78, 5) is 0.390. The molecular weight excluding hydrogens is 458 g/mol. The van der Waals surface area contributed by atoms with Crippen LogP contribution in [0.25, 0.3) is 0 Å². The van der Waals surface area contributed by atoms with Gasteiger partial charge in [-0.2, -0.15) is 0 Å². The van der Waals surface area contributed by atoms with E-state index in [-0.39, 0.29) is 9.79 Å². The molecule has 0 spiro atoms. The smallest absolute Gasteiger partial charge is 0.210 e. The summed E-state index contributed by atoms with van der Waals surface area (Å²) in [6.07, 6.45) is 2.54. The Kier molecular flexibility index (Phi) is 8.78. The Hall–Kier alpha value is -2.54. The lowest BCUT2D eigenvalue weighted by Crippen LogP contribution is -2.13. The average molecular weight is 488 g/mol. The Morgan fingerprint density at radius 2 is 1.61 bits per heavy atom. The number of ether oxygens (including phenoxy) is 2. The highest BCUT2D eigenvalue weighted by atomic mass is 35.5. The van der Waals surface area contributed by atoms with Crippen molar-refractivity contribution in [3.05, 3.63) is 82.4 Å². The minimum Gasteiger partial charge on any atom is -0.495 e. The zero-order valence-corrected chi connectivity index (χ0v) is 20.8. The lowest BCUT2D eigenvalue weighted by atomic mass is 10.00. The predicted molar refractivity (Wildman–Crippen MR) is 132 cm³/mol. The van der Waals surface area contributed by atoms with E-state index < -0.39 is 9.84 Å².